The first-order valence-electron chi connectivity index (χ1n) is 7.41. The Morgan fingerprint density at radius 2 is 1.82 bits per heavy atom. The van der Waals surface area contributed by atoms with Gasteiger partial charge in [0.1, 0.15) is 0 Å². The summed E-state index contributed by atoms with van der Waals surface area (Å²) in [4.78, 5) is 2.72. The lowest BCUT2D eigenvalue weighted by Gasteiger charge is -2.43. The summed E-state index contributed by atoms with van der Waals surface area (Å²) in [6.07, 6.45) is 11.4. The Hall–Kier alpha value is -0.550. The van der Waals surface area contributed by atoms with E-state index < -0.39 is 0 Å². The lowest BCUT2D eigenvalue weighted by molar-refractivity contribution is 0.0746. The van der Waals surface area contributed by atoms with E-state index in [0.717, 1.165) is 12.5 Å². The van der Waals surface area contributed by atoms with Crippen LogP contribution in [0.2, 0.25) is 0 Å². The van der Waals surface area contributed by atoms with Gasteiger partial charge < -0.3 is 4.90 Å². The fraction of sp³-hybridized carbons (Fsp3) is 0.933. The molecule has 2 rings (SSSR count). The second-order valence-electron chi connectivity index (χ2n) is 6.02. The minimum Gasteiger partial charge on any atom is -0.300 e. The van der Waals surface area contributed by atoms with E-state index in [4.69, 9.17) is 5.26 Å². The largest absolute Gasteiger partial charge is 0.300 e. The van der Waals surface area contributed by atoms with Crippen LogP contribution in [-0.2, 0) is 0 Å². The lowest BCUT2D eigenvalue weighted by Crippen LogP contribution is -2.43. The number of hydrogen-bond donors (Lipinski definition) is 0. The van der Waals surface area contributed by atoms with Crippen molar-refractivity contribution in [3.63, 3.8) is 0 Å². The molecule has 17 heavy (non-hydrogen) atoms. The Labute approximate surface area is 106 Å². The van der Waals surface area contributed by atoms with Crippen molar-refractivity contribution in [1.29, 1.82) is 5.26 Å². The first kappa shape index (κ1) is 12.9. The highest BCUT2D eigenvalue weighted by Crippen LogP contribution is 2.43. The summed E-state index contributed by atoms with van der Waals surface area (Å²) in [7, 11) is 0. The molecule has 0 radical (unpaired) electrons. The molecule has 1 heterocycles. The van der Waals surface area contributed by atoms with Crippen molar-refractivity contribution in [3.05, 3.63) is 0 Å². The number of nitriles is 1. The molecule has 0 atom stereocenters. The van der Waals surface area contributed by atoms with Crippen LogP contribution >= 0.6 is 0 Å². The van der Waals surface area contributed by atoms with Crippen LogP contribution in [0.5, 0.6) is 0 Å². The summed E-state index contributed by atoms with van der Waals surface area (Å²) >= 11 is 0. The minimum atomic E-state index is 0.362. The molecule has 0 spiro atoms. The molecular formula is C15H26N2. The zero-order valence-electron chi connectivity index (χ0n) is 11.2. The maximum atomic E-state index is 8.97. The van der Waals surface area contributed by atoms with Crippen LogP contribution in [-0.4, -0.2) is 24.0 Å². The van der Waals surface area contributed by atoms with Crippen molar-refractivity contribution < 1.29 is 0 Å². The van der Waals surface area contributed by atoms with Gasteiger partial charge in [-0.1, -0.05) is 13.3 Å². The number of rotatable bonds is 3. The lowest BCUT2D eigenvalue weighted by atomic mass is 9.69. The second kappa shape index (κ2) is 5.87. The van der Waals surface area contributed by atoms with Gasteiger partial charge in [-0.05, 0) is 63.5 Å². The predicted octanol–water partition coefficient (Wildman–Crippen LogP) is 3.72. The van der Waals surface area contributed by atoms with Crippen LogP contribution in [0.1, 0.15) is 64.7 Å². The Kier molecular flexibility index (Phi) is 4.45. The van der Waals surface area contributed by atoms with Crippen molar-refractivity contribution in [3.8, 4) is 6.07 Å². The topological polar surface area (TPSA) is 27.0 Å². The quantitative estimate of drug-likeness (QED) is 0.744. The smallest absolute Gasteiger partial charge is 0.0627 e. The van der Waals surface area contributed by atoms with Crippen LogP contribution in [0, 0.1) is 16.7 Å². The molecule has 2 nitrogen and oxygen atoms in total. The second-order valence-corrected chi connectivity index (χ2v) is 6.02. The molecule has 0 N–H and O–H groups in total. The van der Waals surface area contributed by atoms with Crippen LogP contribution in [0.4, 0.5) is 0 Å². The third-order valence-electron chi connectivity index (χ3n) is 5.13. The van der Waals surface area contributed by atoms with Crippen molar-refractivity contribution >= 4 is 0 Å². The average Bonchev–Trinajstić information content (AvgIpc) is 2.41. The van der Waals surface area contributed by atoms with E-state index in [1.54, 1.807) is 0 Å². The highest BCUT2D eigenvalue weighted by atomic mass is 15.2. The number of likely N-dealkylation sites (tertiary alicyclic amines) is 1. The van der Waals surface area contributed by atoms with Gasteiger partial charge in [0.2, 0.25) is 0 Å². The van der Waals surface area contributed by atoms with Crippen molar-refractivity contribution in [2.24, 2.45) is 5.41 Å². The van der Waals surface area contributed by atoms with Gasteiger partial charge in [0.15, 0.2) is 0 Å². The summed E-state index contributed by atoms with van der Waals surface area (Å²) in [5.41, 5.74) is 0.362. The third kappa shape index (κ3) is 3.01. The molecule has 1 aliphatic carbocycles. The Bertz CT molecular complexity index is 265. The molecule has 2 fully saturated rings. The predicted molar refractivity (Wildman–Crippen MR) is 70.6 cm³/mol. The third-order valence-corrected chi connectivity index (χ3v) is 5.13. The van der Waals surface area contributed by atoms with E-state index in [2.05, 4.69) is 17.9 Å². The van der Waals surface area contributed by atoms with Gasteiger partial charge in [0, 0.05) is 12.5 Å². The SMILES string of the molecule is CCC1(CC#N)CCC(N2CCCCC2)CC1. The first-order valence-corrected chi connectivity index (χ1v) is 7.41. The summed E-state index contributed by atoms with van der Waals surface area (Å²) in [6.45, 7) is 4.91. The zero-order valence-corrected chi connectivity index (χ0v) is 11.2. The normalized spacial score (nSPS) is 35.4. The highest BCUT2D eigenvalue weighted by molar-refractivity contribution is 4.94. The fourth-order valence-electron chi connectivity index (χ4n) is 3.69. The van der Waals surface area contributed by atoms with E-state index in [1.807, 2.05) is 0 Å². The van der Waals surface area contributed by atoms with Gasteiger partial charge >= 0.3 is 0 Å². The van der Waals surface area contributed by atoms with E-state index in [0.29, 0.717) is 5.41 Å². The Balaban J connectivity index is 1.86. The van der Waals surface area contributed by atoms with Gasteiger partial charge in [0.25, 0.3) is 0 Å². The summed E-state index contributed by atoms with van der Waals surface area (Å²) in [5.74, 6) is 0. The van der Waals surface area contributed by atoms with Gasteiger partial charge in [-0.3, -0.25) is 0 Å². The number of hydrogen-bond acceptors (Lipinski definition) is 2. The van der Waals surface area contributed by atoms with Crippen LogP contribution < -0.4 is 0 Å². The molecule has 0 aromatic rings. The zero-order chi connectivity index (χ0) is 12.1. The average molecular weight is 234 g/mol. The van der Waals surface area contributed by atoms with Crippen molar-refractivity contribution in [2.45, 2.75) is 70.8 Å². The number of piperidine rings is 1. The Morgan fingerprint density at radius 3 is 2.35 bits per heavy atom. The van der Waals surface area contributed by atoms with Gasteiger partial charge in [-0.2, -0.15) is 5.26 Å². The van der Waals surface area contributed by atoms with Crippen LogP contribution in [0.25, 0.3) is 0 Å². The summed E-state index contributed by atoms with van der Waals surface area (Å²) < 4.78 is 0. The highest BCUT2D eigenvalue weighted by Gasteiger charge is 2.35. The fourth-order valence-corrected chi connectivity index (χ4v) is 3.69. The Morgan fingerprint density at radius 1 is 1.18 bits per heavy atom. The minimum absolute atomic E-state index is 0.362. The molecule has 0 amide bonds. The summed E-state index contributed by atoms with van der Waals surface area (Å²) in [5, 5.41) is 8.97. The molecule has 96 valence electrons. The molecule has 2 aliphatic rings. The maximum absolute atomic E-state index is 8.97. The molecule has 1 saturated carbocycles. The van der Waals surface area contributed by atoms with E-state index >= 15 is 0 Å². The molecule has 2 heteroatoms. The monoisotopic (exact) mass is 234 g/mol. The molecule has 0 aromatic carbocycles. The molecule has 0 unspecified atom stereocenters. The van der Waals surface area contributed by atoms with E-state index in [1.165, 1.54) is 64.5 Å². The molecule has 0 bridgehead atoms. The summed E-state index contributed by atoms with van der Waals surface area (Å²) in [6, 6.07) is 3.24. The van der Waals surface area contributed by atoms with Crippen molar-refractivity contribution in [1.82, 2.24) is 4.90 Å². The van der Waals surface area contributed by atoms with E-state index in [-0.39, 0.29) is 0 Å². The van der Waals surface area contributed by atoms with Crippen molar-refractivity contribution in [2.75, 3.05) is 13.1 Å². The maximum Gasteiger partial charge on any atom is 0.0627 e. The molecular weight excluding hydrogens is 208 g/mol. The standard InChI is InChI=1S/C15H26N2/c1-2-15(10-11-16)8-6-14(7-9-15)17-12-4-3-5-13-17/h14H,2-10,12-13H2,1H3. The van der Waals surface area contributed by atoms with Gasteiger partial charge in [-0.25, -0.2) is 0 Å². The molecule has 0 aromatic heterocycles. The number of nitrogens with zero attached hydrogens (tertiary/aromatic N) is 2. The van der Waals surface area contributed by atoms with Gasteiger partial charge in [-0.15, -0.1) is 0 Å². The van der Waals surface area contributed by atoms with Crippen LogP contribution in [0.3, 0.4) is 0 Å². The van der Waals surface area contributed by atoms with Crippen LogP contribution in [0.15, 0.2) is 0 Å². The van der Waals surface area contributed by atoms with E-state index in [9.17, 15) is 0 Å². The first-order chi connectivity index (χ1) is 8.29. The van der Waals surface area contributed by atoms with Gasteiger partial charge in [0.05, 0.1) is 6.07 Å². The molecule has 1 saturated heterocycles. The molecule has 1 aliphatic heterocycles.